The summed E-state index contributed by atoms with van der Waals surface area (Å²) in [6.45, 7) is -0.0215. The maximum absolute atomic E-state index is 12.2. The Morgan fingerprint density at radius 3 is 2.65 bits per heavy atom. The van der Waals surface area contributed by atoms with Crippen molar-refractivity contribution in [2.24, 2.45) is 0 Å². The summed E-state index contributed by atoms with van der Waals surface area (Å²) < 4.78 is 32.2. The van der Waals surface area contributed by atoms with Crippen molar-refractivity contribution in [2.45, 2.75) is 11.6 Å². The highest BCUT2D eigenvalue weighted by Crippen LogP contribution is 2.22. The number of nitrogens with zero attached hydrogens (tertiary/aromatic N) is 1. The number of carbonyl (C=O) groups is 1. The number of pyridine rings is 1. The maximum atomic E-state index is 12.2. The second kappa shape index (κ2) is 5.82. The Balaban J connectivity index is 1.77. The number of hydrogen-bond donors (Lipinski definition) is 2. The number of aromatic nitrogens is 1. The van der Waals surface area contributed by atoms with Gasteiger partial charge in [-0.05, 0) is 17.7 Å². The number of carboxylic acid groups (broad SMARTS) is 1. The molecule has 3 rings (SSSR count). The molecule has 0 aliphatic carbocycles. The molecule has 2 heterocycles. The Morgan fingerprint density at radius 2 is 2.00 bits per heavy atom. The summed E-state index contributed by atoms with van der Waals surface area (Å²) in [5.74, 6) is -1.14. The monoisotopic (exact) mass is 332 g/mol. The molecule has 23 heavy (non-hydrogen) atoms. The van der Waals surface area contributed by atoms with Crippen LogP contribution in [-0.4, -0.2) is 24.5 Å². The van der Waals surface area contributed by atoms with Crippen molar-refractivity contribution in [2.75, 3.05) is 0 Å². The Labute approximate surface area is 131 Å². The number of nitrogens with one attached hydrogen (secondary N) is 1. The number of sulfonamides is 1. The number of fused-ring (bicyclic) bond motifs is 1. The predicted molar refractivity (Wildman–Crippen MR) is 81.4 cm³/mol. The van der Waals surface area contributed by atoms with Crippen LogP contribution in [0.1, 0.15) is 16.1 Å². The van der Waals surface area contributed by atoms with Crippen LogP contribution in [0.2, 0.25) is 0 Å². The van der Waals surface area contributed by atoms with Gasteiger partial charge in [-0.25, -0.2) is 22.9 Å². The minimum absolute atomic E-state index is 0.0215. The number of benzene rings is 1. The van der Waals surface area contributed by atoms with E-state index in [4.69, 9.17) is 9.52 Å². The van der Waals surface area contributed by atoms with Crippen molar-refractivity contribution >= 4 is 27.0 Å². The summed E-state index contributed by atoms with van der Waals surface area (Å²) in [6.07, 6.45) is 1.31. The third kappa shape index (κ3) is 3.22. The zero-order chi connectivity index (χ0) is 16.4. The number of para-hydroxylation sites is 1. The van der Waals surface area contributed by atoms with E-state index in [0.29, 0.717) is 16.5 Å². The van der Waals surface area contributed by atoms with Gasteiger partial charge in [-0.2, -0.15) is 0 Å². The standard InChI is InChI=1S/C15H12N2O5S/c18-15(19)12-6-5-10(8-16-12)9-17-23(20,21)14-7-11-3-1-2-4-13(11)22-14/h1-8,17H,9H2,(H,18,19). The van der Waals surface area contributed by atoms with Gasteiger partial charge in [0.2, 0.25) is 5.09 Å². The lowest BCUT2D eigenvalue weighted by molar-refractivity contribution is 0.0690. The molecule has 0 atom stereocenters. The summed E-state index contributed by atoms with van der Waals surface area (Å²) in [5.41, 5.74) is 0.920. The fraction of sp³-hybridized carbons (Fsp3) is 0.0667. The molecule has 118 valence electrons. The molecule has 0 bridgehead atoms. The molecule has 0 saturated heterocycles. The van der Waals surface area contributed by atoms with E-state index in [1.807, 2.05) is 0 Å². The highest BCUT2D eigenvalue weighted by atomic mass is 32.2. The SMILES string of the molecule is O=C(O)c1ccc(CNS(=O)(=O)c2cc3ccccc3o2)cn1. The van der Waals surface area contributed by atoms with E-state index in [1.54, 1.807) is 24.3 Å². The average molecular weight is 332 g/mol. The van der Waals surface area contributed by atoms with Gasteiger partial charge in [0.1, 0.15) is 11.3 Å². The Bertz CT molecular complexity index is 928. The lowest BCUT2D eigenvalue weighted by Gasteiger charge is -2.04. The first kappa shape index (κ1) is 15.2. The Kier molecular flexibility index (Phi) is 3.85. The van der Waals surface area contributed by atoms with Gasteiger partial charge in [0.25, 0.3) is 10.0 Å². The minimum atomic E-state index is -3.81. The van der Waals surface area contributed by atoms with E-state index in [0.717, 1.165) is 0 Å². The number of rotatable bonds is 5. The molecule has 1 aromatic carbocycles. The van der Waals surface area contributed by atoms with Crippen molar-refractivity contribution in [1.29, 1.82) is 0 Å². The van der Waals surface area contributed by atoms with Crippen LogP contribution in [0.3, 0.4) is 0 Å². The van der Waals surface area contributed by atoms with Crippen molar-refractivity contribution in [3.63, 3.8) is 0 Å². The summed E-state index contributed by atoms with van der Waals surface area (Å²) in [5, 5.41) is 9.29. The van der Waals surface area contributed by atoms with E-state index in [1.165, 1.54) is 24.4 Å². The fourth-order valence-electron chi connectivity index (χ4n) is 1.99. The van der Waals surface area contributed by atoms with Crippen LogP contribution in [0, 0.1) is 0 Å². The van der Waals surface area contributed by atoms with Crippen molar-refractivity contribution < 1.29 is 22.7 Å². The molecule has 0 spiro atoms. The van der Waals surface area contributed by atoms with Gasteiger partial charge in [0.15, 0.2) is 0 Å². The molecule has 3 aromatic rings. The lowest BCUT2D eigenvalue weighted by Crippen LogP contribution is -2.22. The van der Waals surface area contributed by atoms with Gasteiger partial charge in [0, 0.05) is 24.2 Å². The summed E-state index contributed by atoms with van der Waals surface area (Å²) in [6, 6.07) is 11.2. The van der Waals surface area contributed by atoms with Gasteiger partial charge in [0.05, 0.1) is 0 Å². The Morgan fingerprint density at radius 1 is 1.22 bits per heavy atom. The largest absolute Gasteiger partial charge is 0.477 e. The number of furan rings is 1. The van der Waals surface area contributed by atoms with Crippen LogP contribution >= 0.6 is 0 Å². The number of hydrogen-bond acceptors (Lipinski definition) is 5. The first-order valence-electron chi connectivity index (χ1n) is 6.62. The molecule has 0 amide bonds. The highest BCUT2D eigenvalue weighted by molar-refractivity contribution is 7.89. The number of carboxylic acids is 1. The van der Waals surface area contributed by atoms with Gasteiger partial charge in [-0.3, -0.25) is 0 Å². The van der Waals surface area contributed by atoms with E-state index in [2.05, 4.69) is 9.71 Å². The van der Waals surface area contributed by atoms with Gasteiger partial charge in [-0.15, -0.1) is 0 Å². The van der Waals surface area contributed by atoms with E-state index in [-0.39, 0.29) is 17.3 Å². The smallest absolute Gasteiger partial charge is 0.354 e. The zero-order valence-electron chi connectivity index (χ0n) is 11.8. The maximum Gasteiger partial charge on any atom is 0.354 e. The van der Waals surface area contributed by atoms with Crippen LogP contribution in [0.4, 0.5) is 0 Å². The highest BCUT2D eigenvalue weighted by Gasteiger charge is 2.19. The molecule has 8 heteroatoms. The predicted octanol–water partition coefficient (Wildman–Crippen LogP) is 2.00. The average Bonchev–Trinajstić information content (AvgIpc) is 2.98. The van der Waals surface area contributed by atoms with Crippen LogP contribution in [0.15, 0.2) is 58.2 Å². The van der Waals surface area contributed by atoms with Crippen molar-refractivity contribution in [1.82, 2.24) is 9.71 Å². The Hall–Kier alpha value is -2.71. The third-order valence-electron chi connectivity index (χ3n) is 3.18. The summed E-state index contributed by atoms with van der Waals surface area (Å²) in [4.78, 5) is 14.4. The van der Waals surface area contributed by atoms with Gasteiger partial charge in [-0.1, -0.05) is 24.3 Å². The first-order chi connectivity index (χ1) is 11.0. The minimum Gasteiger partial charge on any atom is -0.477 e. The van der Waals surface area contributed by atoms with Crippen LogP contribution < -0.4 is 4.72 Å². The quantitative estimate of drug-likeness (QED) is 0.739. The fourth-order valence-corrected chi connectivity index (χ4v) is 2.98. The second-order valence-electron chi connectivity index (χ2n) is 4.78. The molecule has 2 N–H and O–H groups in total. The summed E-state index contributed by atoms with van der Waals surface area (Å²) >= 11 is 0. The van der Waals surface area contributed by atoms with E-state index >= 15 is 0 Å². The van der Waals surface area contributed by atoms with E-state index in [9.17, 15) is 13.2 Å². The lowest BCUT2D eigenvalue weighted by atomic mass is 10.2. The summed E-state index contributed by atoms with van der Waals surface area (Å²) in [7, 11) is -3.81. The second-order valence-corrected chi connectivity index (χ2v) is 6.48. The van der Waals surface area contributed by atoms with Crippen LogP contribution in [0.5, 0.6) is 0 Å². The molecular weight excluding hydrogens is 320 g/mol. The molecule has 7 nitrogen and oxygen atoms in total. The zero-order valence-corrected chi connectivity index (χ0v) is 12.6. The van der Waals surface area contributed by atoms with Crippen LogP contribution in [-0.2, 0) is 16.6 Å². The topological polar surface area (TPSA) is 110 Å². The van der Waals surface area contributed by atoms with Crippen LogP contribution in [0.25, 0.3) is 11.0 Å². The third-order valence-corrected chi connectivity index (χ3v) is 4.43. The van der Waals surface area contributed by atoms with E-state index < -0.39 is 16.0 Å². The molecule has 0 aliphatic heterocycles. The van der Waals surface area contributed by atoms with Crippen molar-refractivity contribution in [3.8, 4) is 0 Å². The van der Waals surface area contributed by atoms with Gasteiger partial charge < -0.3 is 9.52 Å². The van der Waals surface area contributed by atoms with Gasteiger partial charge >= 0.3 is 5.97 Å². The molecule has 0 unspecified atom stereocenters. The molecule has 0 fully saturated rings. The molecule has 0 radical (unpaired) electrons. The molecule has 0 saturated carbocycles. The molecular formula is C15H12N2O5S. The first-order valence-corrected chi connectivity index (χ1v) is 8.10. The molecule has 2 aromatic heterocycles. The molecule has 0 aliphatic rings. The number of aromatic carboxylic acids is 1. The normalized spacial score (nSPS) is 11.7. The van der Waals surface area contributed by atoms with Crippen molar-refractivity contribution in [3.05, 3.63) is 59.9 Å².